The van der Waals surface area contributed by atoms with Gasteiger partial charge in [-0.25, -0.2) is 0 Å². The Bertz CT molecular complexity index is 539. The molecule has 0 aromatic heterocycles. The van der Waals surface area contributed by atoms with Crippen molar-refractivity contribution in [2.45, 2.75) is 26.2 Å². The summed E-state index contributed by atoms with van der Waals surface area (Å²) in [5.74, 6) is -0.223. The summed E-state index contributed by atoms with van der Waals surface area (Å²) in [5.41, 5.74) is 6.49. The molecular weight excluding hydrogens is 310 g/mol. The maximum atomic E-state index is 12.4. The lowest BCUT2D eigenvalue weighted by atomic mass is 9.67. The Balaban J connectivity index is 2.24. The van der Waals surface area contributed by atoms with Crippen LogP contribution in [-0.2, 0) is 4.79 Å². The van der Waals surface area contributed by atoms with Gasteiger partial charge in [0, 0.05) is 10.2 Å². The second-order valence-corrected chi connectivity index (χ2v) is 5.64. The first kappa shape index (κ1) is 13.9. The zero-order valence-corrected chi connectivity index (χ0v) is 12.2. The van der Waals surface area contributed by atoms with E-state index in [2.05, 4.69) is 26.4 Å². The van der Waals surface area contributed by atoms with E-state index in [-0.39, 0.29) is 11.7 Å². The molecule has 1 aromatic rings. The Morgan fingerprint density at radius 1 is 1.53 bits per heavy atom. The minimum absolute atomic E-state index is 0.0103. The summed E-state index contributed by atoms with van der Waals surface area (Å²) in [6.45, 7) is 1.91. The number of nitrogens with one attached hydrogen (secondary N) is 1. The van der Waals surface area contributed by atoms with Crippen LogP contribution in [0, 0.1) is 12.3 Å². The zero-order chi connectivity index (χ0) is 14.0. The van der Waals surface area contributed by atoms with Crippen molar-refractivity contribution in [2.24, 2.45) is 16.3 Å². The Morgan fingerprint density at radius 2 is 2.21 bits per heavy atom. The maximum Gasteiger partial charge on any atom is 0.238 e. The molecule has 2 rings (SSSR count). The number of nitrogens with two attached hydrogens (primary N) is 1. The Kier molecular flexibility index (Phi) is 3.80. The summed E-state index contributed by atoms with van der Waals surface area (Å²) in [6.07, 6.45) is 2.13. The lowest BCUT2D eigenvalue weighted by molar-refractivity contribution is -0.125. The average molecular weight is 326 g/mol. The number of carbonyl (C=O) groups is 1. The number of rotatable bonds is 3. The predicted octanol–water partition coefficient (Wildman–Crippen LogP) is 2.61. The van der Waals surface area contributed by atoms with Crippen LogP contribution in [-0.4, -0.2) is 17.0 Å². The van der Waals surface area contributed by atoms with Gasteiger partial charge in [-0.2, -0.15) is 0 Å². The van der Waals surface area contributed by atoms with Gasteiger partial charge in [-0.1, -0.05) is 33.6 Å². The van der Waals surface area contributed by atoms with Crippen LogP contribution in [0.1, 0.15) is 24.8 Å². The molecule has 1 aliphatic carbocycles. The molecule has 0 heterocycles. The number of benzene rings is 1. The number of carbonyl (C=O) groups excluding carboxylic acids is 1. The number of hydrogen-bond donors (Lipinski definition) is 3. The van der Waals surface area contributed by atoms with Crippen molar-refractivity contribution in [3.8, 4) is 0 Å². The molecule has 0 bridgehead atoms. The fourth-order valence-electron chi connectivity index (χ4n) is 2.21. The van der Waals surface area contributed by atoms with Gasteiger partial charge in [0.1, 0.15) is 5.41 Å². The second-order valence-electron chi connectivity index (χ2n) is 4.79. The molecule has 0 unspecified atom stereocenters. The Labute approximate surface area is 120 Å². The summed E-state index contributed by atoms with van der Waals surface area (Å²) in [6, 6.07) is 5.59. The maximum absolute atomic E-state index is 12.4. The minimum Gasteiger partial charge on any atom is -0.409 e. The van der Waals surface area contributed by atoms with Gasteiger partial charge >= 0.3 is 0 Å². The number of amidine groups is 1. The SMILES string of the molecule is Cc1c(Br)cccc1NC(=O)C1(/C(N)=N/O)CCC1. The van der Waals surface area contributed by atoms with Crippen LogP contribution >= 0.6 is 15.9 Å². The van der Waals surface area contributed by atoms with Crippen molar-refractivity contribution in [2.75, 3.05) is 5.32 Å². The molecule has 0 radical (unpaired) electrons. The first-order chi connectivity index (χ1) is 9.01. The molecule has 1 fully saturated rings. The molecule has 4 N–H and O–H groups in total. The molecule has 1 aliphatic rings. The van der Waals surface area contributed by atoms with Crippen molar-refractivity contribution in [3.05, 3.63) is 28.2 Å². The van der Waals surface area contributed by atoms with Gasteiger partial charge in [0.25, 0.3) is 0 Å². The lowest BCUT2D eigenvalue weighted by Crippen LogP contribution is -2.51. The summed E-state index contributed by atoms with van der Waals surface area (Å²) >= 11 is 3.42. The van der Waals surface area contributed by atoms with E-state index in [1.165, 1.54) is 0 Å². The van der Waals surface area contributed by atoms with Crippen LogP contribution in [0.4, 0.5) is 5.69 Å². The molecular formula is C13H16BrN3O2. The summed E-state index contributed by atoms with van der Waals surface area (Å²) < 4.78 is 0.928. The first-order valence-corrected chi connectivity index (χ1v) is 6.85. The van der Waals surface area contributed by atoms with E-state index in [0.717, 1.165) is 22.1 Å². The summed E-state index contributed by atoms with van der Waals surface area (Å²) in [7, 11) is 0. The van der Waals surface area contributed by atoms with E-state index in [9.17, 15) is 4.79 Å². The van der Waals surface area contributed by atoms with Gasteiger partial charge in [-0.3, -0.25) is 4.79 Å². The number of hydrogen-bond acceptors (Lipinski definition) is 3. The van der Waals surface area contributed by atoms with Crippen molar-refractivity contribution in [1.29, 1.82) is 0 Å². The highest BCUT2D eigenvalue weighted by Gasteiger charge is 2.48. The van der Waals surface area contributed by atoms with Crippen LogP contribution < -0.4 is 11.1 Å². The van der Waals surface area contributed by atoms with Gasteiger partial charge in [0.15, 0.2) is 5.84 Å². The van der Waals surface area contributed by atoms with Crippen LogP contribution in [0.15, 0.2) is 27.8 Å². The van der Waals surface area contributed by atoms with Crippen molar-refractivity contribution in [3.63, 3.8) is 0 Å². The molecule has 0 atom stereocenters. The zero-order valence-electron chi connectivity index (χ0n) is 10.6. The normalized spacial score (nSPS) is 17.7. The average Bonchev–Trinajstić information content (AvgIpc) is 2.33. The summed E-state index contributed by atoms with van der Waals surface area (Å²) in [4.78, 5) is 12.4. The van der Waals surface area contributed by atoms with Gasteiger partial charge in [0.2, 0.25) is 5.91 Å². The third-order valence-electron chi connectivity index (χ3n) is 3.76. The molecule has 1 saturated carbocycles. The topological polar surface area (TPSA) is 87.7 Å². The van der Waals surface area contributed by atoms with Gasteiger partial charge < -0.3 is 16.3 Å². The van der Waals surface area contributed by atoms with Crippen molar-refractivity contribution < 1.29 is 10.0 Å². The highest BCUT2D eigenvalue weighted by atomic mass is 79.9. The van der Waals surface area contributed by atoms with Gasteiger partial charge in [0.05, 0.1) is 0 Å². The molecule has 0 saturated heterocycles. The van der Waals surface area contributed by atoms with Crippen LogP contribution in [0.25, 0.3) is 0 Å². The summed E-state index contributed by atoms with van der Waals surface area (Å²) in [5, 5.41) is 14.7. The first-order valence-electron chi connectivity index (χ1n) is 6.06. The van der Waals surface area contributed by atoms with Gasteiger partial charge in [-0.15, -0.1) is 0 Å². The van der Waals surface area contributed by atoms with E-state index in [1.54, 1.807) is 0 Å². The Hall–Kier alpha value is -1.56. The van der Waals surface area contributed by atoms with E-state index < -0.39 is 5.41 Å². The quantitative estimate of drug-likeness (QED) is 0.345. The van der Waals surface area contributed by atoms with Gasteiger partial charge in [-0.05, 0) is 37.5 Å². The van der Waals surface area contributed by atoms with Crippen LogP contribution in [0.5, 0.6) is 0 Å². The van der Waals surface area contributed by atoms with E-state index >= 15 is 0 Å². The molecule has 0 aliphatic heterocycles. The largest absolute Gasteiger partial charge is 0.409 e. The lowest BCUT2D eigenvalue weighted by Gasteiger charge is -2.38. The fraction of sp³-hybridized carbons (Fsp3) is 0.385. The third-order valence-corrected chi connectivity index (χ3v) is 4.61. The molecule has 0 spiro atoms. The number of anilines is 1. The Morgan fingerprint density at radius 3 is 2.74 bits per heavy atom. The monoisotopic (exact) mass is 325 g/mol. The van der Waals surface area contributed by atoms with Crippen molar-refractivity contribution in [1.82, 2.24) is 0 Å². The van der Waals surface area contributed by atoms with E-state index in [0.29, 0.717) is 12.8 Å². The standard InChI is InChI=1S/C13H16BrN3O2/c1-8-9(14)4-2-5-10(8)16-12(18)13(6-3-7-13)11(15)17-19/h2,4-5,19H,3,6-7H2,1H3,(H2,15,17)(H,16,18). The molecule has 1 amide bonds. The minimum atomic E-state index is -0.858. The third kappa shape index (κ3) is 2.32. The highest BCUT2D eigenvalue weighted by Crippen LogP contribution is 2.42. The van der Waals surface area contributed by atoms with E-state index in [1.807, 2.05) is 25.1 Å². The van der Waals surface area contributed by atoms with Crippen molar-refractivity contribution >= 4 is 33.4 Å². The fourth-order valence-corrected chi connectivity index (χ4v) is 2.58. The number of nitrogens with zero attached hydrogens (tertiary/aromatic N) is 1. The number of amides is 1. The molecule has 6 heteroatoms. The predicted molar refractivity (Wildman–Crippen MR) is 77.2 cm³/mol. The molecule has 5 nitrogen and oxygen atoms in total. The number of oxime groups is 1. The molecule has 1 aromatic carbocycles. The molecule has 102 valence electrons. The number of halogens is 1. The second kappa shape index (κ2) is 5.21. The molecule has 19 heavy (non-hydrogen) atoms. The van der Waals surface area contributed by atoms with Crippen LogP contribution in [0.3, 0.4) is 0 Å². The highest BCUT2D eigenvalue weighted by molar-refractivity contribution is 9.10. The smallest absolute Gasteiger partial charge is 0.238 e. The van der Waals surface area contributed by atoms with E-state index in [4.69, 9.17) is 10.9 Å². The van der Waals surface area contributed by atoms with Crippen LogP contribution in [0.2, 0.25) is 0 Å².